The summed E-state index contributed by atoms with van der Waals surface area (Å²) in [5.74, 6) is -0.981. The fraction of sp³-hybridized carbons (Fsp3) is 0.263. The number of hydrogen-bond donors (Lipinski definition) is 1. The van der Waals surface area contributed by atoms with E-state index in [-0.39, 0.29) is 17.6 Å². The number of nitrogens with zero attached hydrogens (tertiary/aromatic N) is 1. The van der Waals surface area contributed by atoms with Crippen LogP contribution >= 0.6 is 0 Å². The lowest BCUT2D eigenvalue weighted by Gasteiger charge is -2.27. The Morgan fingerprint density at radius 1 is 1.24 bits per heavy atom. The number of fused-ring (bicyclic) bond motifs is 1. The topological polar surface area (TPSA) is 58.6 Å². The van der Waals surface area contributed by atoms with E-state index >= 15 is 0 Å². The van der Waals surface area contributed by atoms with E-state index in [2.05, 4.69) is 5.32 Å². The van der Waals surface area contributed by atoms with Crippen LogP contribution in [0.1, 0.15) is 23.7 Å². The van der Waals surface area contributed by atoms with Crippen LogP contribution in [0.5, 0.6) is 5.75 Å². The molecule has 0 saturated heterocycles. The molecule has 0 unspecified atom stereocenters. The molecule has 0 aliphatic carbocycles. The van der Waals surface area contributed by atoms with Crippen molar-refractivity contribution in [2.45, 2.75) is 19.4 Å². The number of nitrogens with one attached hydrogen (secondary N) is 1. The molecule has 1 N–H and O–H groups in total. The zero-order valence-electron chi connectivity index (χ0n) is 13.9. The normalized spacial score (nSPS) is 15.0. The van der Waals surface area contributed by atoms with Crippen LogP contribution in [0.15, 0.2) is 48.5 Å². The van der Waals surface area contributed by atoms with E-state index in [1.807, 2.05) is 0 Å². The molecule has 1 atom stereocenters. The Hall–Kier alpha value is -2.89. The van der Waals surface area contributed by atoms with Crippen molar-refractivity contribution < 1.29 is 18.7 Å². The van der Waals surface area contributed by atoms with Gasteiger partial charge in [0.05, 0.1) is 11.3 Å². The first-order valence-electron chi connectivity index (χ1n) is 8.21. The maximum atomic E-state index is 13.8. The molecule has 0 spiro atoms. The highest BCUT2D eigenvalue weighted by Crippen LogP contribution is 2.25. The maximum absolute atomic E-state index is 13.8. The Morgan fingerprint density at radius 3 is 2.72 bits per heavy atom. The second kappa shape index (κ2) is 7.34. The Bertz CT molecular complexity index is 794. The second-order valence-electron chi connectivity index (χ2n) is 5.71. The highest BCUT2D eigenvalue weighted by atomic mass is 19.1. The smallest absolute Gasteiger partial charge is 0.268 e. The van der Waals surface area contributed by atoms with Crippen molar-refractivity contribution in [3.05, 3.63) is 59.9 Å². The summed E-state index contributed by atoms with van der Waals surface area (Å²) in [5, 5.41) is 2.77. The average Bonchev–Trinajstić information content (AvgIpc) is 2.80. The van der Waals surface area contributed by atoms with Crippen molar-refractivity contribution in [3.63, 3.8) is 0 Å². The minimum atomic E-state index is -0.835. The van der Waals surface area contributed by atoms with E-state index in [4.69, 9.17) is 4.74 Å². The van der Waals surface area contributed by atoms with Crippen molar-refractivity contribution >= 4 is 17.5 Å². The van der Waals surface area contributed by atoms with Gasteiger partial charge in [0.15, 0.2) is 17.7 Å². The van der Waals surface area contributed by atoms with Crippen molar-refractivity contribution in [2.75, 3.05) is 18.0 Å². The summed E-state index contributed by atoms with van der Waals surface area (Å²) in [5.41, 5.74) is 0.979. The first-order chi connectivity index (χ1) is 12.1. The fourth-order valence-electron chi connectivity index (χ4n) is 2.80. The van der Waals surface area contributed by atoms with Crippen LogP contribution in [0.2, 0.25) is 0 Å². The molecule has 2 aromatic carbocycles. The van der Waals surface area contributed by atoms with Crippen LogP contribution in [0.25, 0.3) is 0 Å². The third-order valence-corrected chi connectivity index (χ3v) is 4.08. The molecular formula is C19H19FN2O3. The van der Waals surface area contributed by atoms with Crippen molar-refractivity contribution in [2.24, 2.45) is 0 Å². The van der Waals surface area contributed by atoms with Gasteiger partial charge in [-0.05, 0) is 30.7 Å². The Morgan fingerprint density at radius 2 is 1.96 bits per heavy atom. The minimum Gasteiger partial charge on any atom is -0.478 e. The van der Waals surface area contributed by atoms with Crippen LogP contribution in [0.4, 0.5) is 10.1 Å². The van der Waals surface area contributed by atoms with Gasteiger partial charge in [-0.25, -0.2) is 4.39 Å². The van der Waals surface area contributed by atoms with E-state index in [0.29, 0.717) is 30.8 Å². The van der Waals surface area contributed by atoms with Crippen LogP contribution in [-0.2, 0) is 4.79 Å². The van der Waals surface area contributed by atoms with E-state index in [1.165, 1.54) is 17.0 Å². The summed E-state index contributed by atoms with van der Waals surface area (Å²) < 4.78 is 19.5. The number of amides is 2. The number of para-hydroxylation sites is 2. The Labute approximate surface area is 145 Å². The molecular weight excluding hydrogens is 323 g/mol. The summed E-state index contributed by atoms with van der Waals surface area (Å²) in [7, 11) is 0. The first kappa shape index (κ1) is 17.0. The lowest BCUT2D eigenvalue weighted by Crippen LogP contribution is -2.44. The number of halogens is 1. The summed E-state index contributed by atoms with van der Waals surface area (Å²) in [4.78, 5) is 26.7. The number of ether oxygens (including phenoxy) is 1. The highest BCUT2D eigenvalue weighted by Gasteiger charge is 2.30. The van der Waals surface area contributed by atoms with Gasteiger partial charge in [0.1, 0.15) is 0 Å². The molecule has 130 valence electrons. The molecule has 0 bridgehead atoms. The molecule has 0 radical (unpaired) electrons. The van der Waals surface area contributed by atoms with E-state index in [1.54, 1.807) is 43.3 Å². The fourth-order valence-corrected chi connectivity index (χ4v) is 2.80. The molecule has 3 rings (SSSR count). The number of hydrogen-bond acceptors (Lipinski definition) is 3. The zero-order valence-corrected chi connectivity index (χ0v) is 13.9. The number of anilines is 1. The second-order valence-corrected chi connectivity index (χ2v) is 5.71. The molecule has 25 heavy (non-hydrogen) atoms. The number of rotatable bonds is 4. The molecule has 0 aromatic heterocycles. The van der Waals surface area contributed by atoms with Gasteiger partial charge in [-0.2, -0.15) is 0 Å². The van der Waals surface area contributed by atoms with Gasteiger partial charge >= 0.3 is 0 Å². The van der Waals surface area contributed by atoms with Gasteiger partial charge in [0, 0.05) is 13.1 Å². The molecule has 5 nitrogen and oxygen atoms in total. The number of benzene rings is 2. The molecule has 0 saturated carbocycles. The van der Waals surface area contributed by atoms with Gasteiger partial charge in [-0.15, -0.1) is 0 Å². The maximum Gasteiger partial charge on any atom is 0.268 e. The van der Waals surface area contributed by atoms with Crippen LogP contribution < -0.4 is 15.0 Å². The van der Waals surface area contributed by atoms with Gasteiger partial charge in [0.25, 0.3) is 11.8 Å². The SMILES string of the molecule is CC[C@H](Oc1ccccc1F)C(=O)N1CCNC(=O)c2ccccc21. The molecule has 1 aliphatic heterocycles. The van der Waals surface area contributed by atoms with Crippen molar-refractivity contribution in [1.29, 1.82) is 0 Å². The molecule has 2 aromatic rings. The van der Waals surface area contributed by atoms with Crippen LogP contribution in [0.3, 0.4) is 0 Å². The quantitative estimate of drug-likeness (QED) is 0.929. The minimum absolute atomic E-state index is 0.0417. The predicted octanol–water partition coefficient (Wildman–Crippen LogP) is 2.76. The molecule has 6 heteroatoms. The van der Waals surface area contributed by atoms with Gasteiger partial charge in [0.2, 0.25) is 0 Å². The van der Waals surface area contributed by atoms with Gasteiger partial charge in [-0.3, -0.25) is 9.59 Å². The van der Waals surface area contributed by atoms with E-state index in [9.17, 15) is 14.0 Å². The highest BCUT2D eigenvalue weighted by molar-refractivity contribution is 6.06. The lowest BCUT2D eigenvalue weighted by atomic mass is 10.1. The van der Waals surface area contributed by atoms with Crippen molar-refractivity contribution in [3.8, 4) is 5.75 Å². The first-order valence-corrected chi connectivity index (χ1v) is 8.21. The lowest BCUT2D eigenvalue weighted by molar-refractivity contribution is -0.125. The Kier molecular flexibility index (Phi) is 4.97. The summed E-state index contributed by atoms with van der Waals surface area (Å²) in [6.45, 7) is 2.48. The van der Waals surface area contributed by atoms with Crippen molar-refractivity contribution in [1.82, 2.24) is 5.32 Å². The number of carbonyl (C=O) groups excluding carboxylic acids is 2. The van der Waals surface area contributed by atoms with Gasteiger partial charge < -0.3 is 15.0 Å². The summed E-state index contributed by atoms with van der Waals surface area (Å²) >= 11 is 0. The molecule has 0 fully saturated rings. The van der Waals surface area contributed by atoms with Crippen LogP contribution in [-0.4, -0.2) is 31.0 Å². The molecule has 2 amide bonds. The summed E-state index contributed by atoms with van der Waals surface area (Å²) in [6.07, 6.45) is -0.453. The van der Waals surface area contributed by atoms with E-state index in [0.717, 1.165) is 0 Å². The van der Waals surface area contributed by atoms with Gasteiger partial charge in [-0.1, -0.05) is 31.2 Å². The largest absolute Gasteiger partial charge is 0.478 e. The summed E-state index contributed by atoms with van der Waals surface area (Å²) in [6, 6.07) is 12.9. The monoisotopic (exact) mass is 342 g/mol. The number of carbonyl (C=O) groups is 2. The average molecular weight is 342 g/mol. The van der Waals surface area contributed by atoms with E-state index < -0.39 is 11.9 Å². The third kappa shape index (κ3) is 3.47. The molecule has 1 aliphatic rings. The predicted molar refractivity (Wildman–Crippen MR) is 92.2 cm³/mol. The van der Waals surface area contributed by atoms with Crippen LogP contribution in [0, 0.1) is 5.82 Å². The Balaban J connectivity index is 1.89. The standard InChI is InChI=1S/C19H19FN2O3/c1-2-16(25-17-10-6-4-8-14(17)20)19(24)22-12-11-21-18(23)13-7-3-5-9-15(13)22/h3-10,16H,2,11-12H2,1H3,(H,21,23)/t16-/m0/s1. The molecule has 1 heterocycles. The third-order valence-electron chi connectivity index (χ3n) is 4.08. The zero-order chi connectivity index (χ0) is 17.8.